The van der Waals surface area contributed by atoms with Gasteiger partial charge in [-0.3, -0.25) is 9.59 Å². The number of aromatic nitrogens is 2. The molecule has 0 saturated heterocycles. The molecule has 28 heavy (non-hydrogen) atoms. The second-order valence-electron chi connectivity index (χ2n) is 7.94. The highest BCUT2D eigenvalue weighted by molar-refractivity contribution is 6.10. The number of carbonyl (C=O) groups is 2. The average Bonchev–Trinajstić information content (AvgIpc) is 3.18. The molecule has 0 spiro atoms. The second-order valence-corrected chi connectivity index (χ2v) is 7.94. The average molecular weight is 394 g/mol. The largest absolute Gasteiger partial charge is 0.351 e. The maximum absolute atomic E-state index is 14.4. The molecule has 4 rings (SSSR count). The monoisotopic (exact) mass is 394 g/mol. The highest BCUT2D eigenvalue weighted by Gasteiger charge is 2.43. The van der Waals surface area contributed by atoms with Crippen LogP contribution < -0.4 is 5.32 Å². The molecule has 0 radical (unpaired) electrons. The molecule has 3 heterocycles. The number of halogens is 3. The van der Waals surface area contributed by atoms with Crippen molar-refractivity contribution in [2.24, 2.45) is 5.92 Å². The number of pyridine rings is 1. The number of nitrogens with one attached hydrogen (secondary N) is 2. The van der Waals surface area contributed by atoms with Gasteiger partial charge in [-0.15, -0.1) is 0 Å². The normalized spacial score (nSPS) is 22.1. The van der Waals surface area contributed by atoms with Crippen molar-refractivity contribution in [1.29, 1.82) is 0 Å². The summed E-state index contributed by atoms with van der Waals surface area (Å²) in [6.07, 6.45) is 2.07. The standard InChI is InChI=1S/C19H21F3N4O2/c1-9(2)15(17(27)25-10-3-4-19(21,22)5-10)26-8-12-13(20)7-24-16-14(12)11(6-23-16)18(26)28/h6-7,9-10,15H,3-5,8H2,1-2H3,(H,23,24)(H,25,27). The van der Waals surface area contributed by atoms with Gasteiger partial charge in [0, 0.05) is 36.0 Å². The number of aromatic amines is 1. The number of nitrogens with zero attached hydrogens (tertiary/aromatic N) is 2. The topological polar surface area (TPSA) is 78.1 Å². The number of hydrogen-bond acceptors (Lipinski definition) is 3. The summed E-state index contributed by atoms with van der Waals surface area (Å²) in [6.45, 7) is 3.46. The zero-order valence-corrected chi connectivity index (χ0v) is 15.6. The van der Waals surface area contributed by atoms with Gasteiger partial charge >= 0.3 is 0 Å². The zero-order chi connectivity index (χ0) is 20.2. The van der Waals surface area contributed by atoms with Crippen LogP contribution in [0.5, 0.6) is 0 Å². The minimum Gasteiger partial charge on any atom is -0.351 e. The van der Waals surface area contributed by atoms with Crippen LogP contribution in [0.4, 0.5) is 13.2 Å². The van der Waals surface area contributed by atoms with Crippen LogP contribution in [0.15, 0.2) is 12.4 Å². The lowest BCUT2D eigenvalue weighted by atomic mass is 9.95. The van der Waals surface area contributed by atoms with Gasteiger partial charge < -0.3 is 15.2 Å². The smallest absolute Gasteiger partial charge is 0.257 e. The van der Waals surface area contributed by atoms with Crippen molar-refractivity contribution in [3.05, 3.63) is 29.3 Å². The minimum atomic E-state index is -2.78. The molecule has 1 aliphatic carbocycles. The van der Waals surface area contributed by atoms with Gasteiger partial charge in [-0.25, -0.2) is 18.2 Å². The molecule has 2 aromatic rings. The van der Waals surface area contributed by atoms with Crippen molar-refractivity contribution >= 4 is 22.8 Å². The molecule has 2 atom stereocenters. The Balaban J connectivity index is 1.63. The molecule has 2 aromatic heterocycles. The van der Waals surface area contributed by atoms with E-state index in [-0.39, 0.29) is 30.9 Å². The van der Waals surface area contributed by atoms with Crippen molar-refractivity contribution < 1.29 is 22.8 Å². The molecule has 2 unspecified atom stereocenters. The Morgan fingerprint density at radius 1 is 1.43 bits per heavy atom. The summed E-state index contributed by atoms with van der Waals surface area (Å²) in [6, 6.07) is -1.52. The summed E-state index contributed by atoms with van der Waals surface area (Å²) < 4.78 is 41.3. The molecular formula is C19H21F3N4O2. The fraction of sp³-hybridized carbons (Fsp3) is 0.526. The molecular weight excluding hydrogens is 373 g/mol. The number of carbonyl (C=O) groups excluding carboxylic acids is 2. The van der Waals surface area contributed by atoms with E-state index in [1.165, 1.54) is 11.1 Å². The highest BCUT2D eigenvalue weighted by atomic mass is 19.3. The highest BCUT2D eigenvalue weighted by Crippen LogP contribution is 2.36. The second kappa shape index (κ2) is 6.49. The quantitative estimate of drug-likeness (QED) is 0.837. The lowest BCUT2D eigenvalue weighted by Gasteiger charge is -2.36. The van der Waals surface area contributed by atoms with Gasteiger partial charge in [0.2, 0.25) is 11.8 Å². The summed E-state index contributed by atoms with van der Waals surface area (Å²) in [4.78, 5) is 34.1. The van der Waals surface area contributed by atoms with Crippen LogP contribution in [0.3, 0.4) is 0 Å². The van der Waals surface area contributed by atoms with Crippen molar-refractivity contribution in [1.82, 2.24) is 20.2 Å². The van der Waals surface area contributed by atoms with Gasteiger partial charge in [-0.2, -0.15) is 0 Å². The first-order valence-corrected chi connectivity index (χ1v) is 9.31. The summed E-state index contributed by atoms with van der Waals surface area (Å²) in [5, 5.41) is 3.09. The van der Waals surface area contributed by atoms with E-state index in [1.807, 2.05) is 0 Å². The molecule has 0 bridgehead atoms. The number of H-pyrrole nitrogens is 1. The van der Waals surface area contributed by atoms with E-state index in [1.54, 1.807) is 13.8 Å². The van der Waals surface area contributed by atoms with Crippen molar-refractivity contribution in [2.75, 3.05) is 0 Å². The van der Waals surface area contributed by atoms with Crippen LogP contribution in [-0.2, 0) is 11.3 Å². The van der Waals surface area contributed by atoms with Crippen molar-refractivity contribution in [2.45, 2.75) is 57.7 Å². The molecule has 2 aliphatic rings. The zero-order valence-electron chi connectivity index (χ0n) is 15.6. The maximum Gasteiger partial charge on any atom is 0.257 e. The lowest BCUT2D eigenvalue weighted by Crippen LogP contribution is -2.54. The number of amides is 2. The third-order valence-corrected chi connectivity index (χ3v) is 5.56. The van der Waals surface area contributed by atoms with E-state index < -0.39 is 42.1 Å². The van der Waals surface area contributed by atoms with Crippen LogP contribution in [0.1, 0.15) is 49.0 Å². The first-order valence-electron chi connectivity index (χ1n) is 9.31. The number of hydrogen-bond donors (Lipinski definition) is 2. The third-order valence-electron chi connectivity index (χ3n) is 5.56. The summed E-state index contributed by atoms with van der Waals surface area (Å²) in [5.41, 5.74) is 0.971. The molecule has 2 N–H and O–H groups in total. The molecule has 0 aromatic carbocycles. The van der Waals surface area contributed by atoms with E-state index in [4.69, 9.17) is 0 Å². The van der Waals surface area contributed by atoms with E-state index in [9.17, 15) is 22.8 Å². The molecule has 2 amide bonds. The number of rotatable bonds is 4. The molecule has 1 saturated carbocycles. The van der Waals surface area contributed by atoms with Crippen molar-refractivity contribution in [3.8, 4) is 0 Å². The Bertz CT molecular complexity index is 956. The van der Waals surface area contributed by atoms with E-state index in [0.717, 1.165) is 6.20 Å². The van der Waals surface area contributed by atoms with Gasteiger partial charge in [0.15, 0.2) is 0 Å². The third kappa shape index (κ3) is 3.02. The Morgan fingerprint density at radius 3 is 2.82 bits per heavy atom. The van der Waals surface area contributed by atoms with Gasteiger partial charge in [0.25, 0.3) is 5.91 Å². The first kappa shape index (κ1) is 18.8. The fourth-order valence-electron chi connectivity index (χ4n) is 4.25. The molecule has 1 fully saturated rings. The van der Waals surface area contributed by atoms with Crippen LogP contribution >= 0.6 is 0 Å². The fourth-order valence-corrected chi connectivity index (χ4v) is 4.25. The first-order chi connectivity index (χ1) is 13.2. The van der Waals surface area contributed by atoms with Crippen LogP contribution in [0.25, 0.3) is 11.0 Å². The Morgan fingerprint density at radius 2 is 2.18 bits per heavy atom. The van der Waals surface area contributed by atoms with E-state index in [2.05, 4.69) is 15.3 Å². The SMILES string of the molecule is CC(C)C(C(=O)NC1CCC(F)(F)C1)N1Cc2c(F)cnc3[nH]cc(c23)C1=O. The van der Waals surface area contributed by atoms with Gasteiger partial charge in [-0.1, -0.05) is 13.8 Å². The van der Waals surface area contributed by atoms with Gasteiger partial charge in [0.1, 0.15) is 17.5 Å². The number of alkyl halides is 2. The Labute approximate surface area is 159 Å². The lowest BCUT2D eigenvalue weighted by molar-refractivity contribution is -0.128. The molecule has 1 aliphatic heterocycles. The van der Waals surface area contributed by atoms with Crippen LogP contribution in [0, 0.1) is 11.7 Å². The summed E-state index contributed by atoms with van der Waals surface area (Å²) >= 11 is 0. The van der Waals surface area contributed by atoms with E-state index >= 15 is 0 Å². The molecule has 9 heteroatoms. The van der Waals surface area contributed by atoms with Crippen molar-refractivity contribution in [3.63, 3.8) is 0 Å². The van der Waals surface area contributed by atoms with E-state index in [0.29, 0.717) is 16.6 Å². The maximum atomic E-state index is 14.4. The molecule has 150 valence electrons. The Kier molecular flexibility index (Phi) is 4.35. The van der Waals surface area contributed by atoms with Crippen LogP contribution in [-0.4, -0.2) is 44.7 Å². The van der Waals surface area contributed by atoms with Gasteiger partial charge in [0.05, 0.1) is 18.3 Å². The predicted octanol–water partition coefficient (Wildman–Crippen LogP) is 2.99. The molecule has 6 nitrogen and oxygen atoms in total. The minimum absolute atomic E-state index is 0.0777. The Hall–Kier alpha value is -2.58. The van der Waals surface area contributed by atoms with Gasteiger partial charge in [-0.05, 0) is 12.3 Å². The summed E-state index contributed by atoms with van der Waals surface area (Å²) in [7, 11) is 0. The van der Waals surface area contributed by atoms with Crippen LogP contribution in [0.2, 0.25) is 0 Å². The predicted molar refractivity (Wildman–Crippen MR) is 95.3 cm³/mol. The summed E-state index contributed by atoms with van der Waals surface area (Å²) in [5.74, 6) is -4.51.